The van der Waals surface area contributed by atoms with Crippen LogP contribution in [0.3, 0.4) is 0 Å². The van der Waals surface area contributed by atoms with Gasteiger partial charge in [-0.15, -0.1) is 6.58 Å². The molecule has 4 N–H and O–H groups in total. The van der Waals surface area contributed by atoms with Gasteiger partial charge in [0.2, 0.25) is 5.79 Å². The molecule has 0 unspecified atom stereocenters. The lowest BCUT2D eigenvalue weighted by Gasteiger charge is -2.59. The second-order valence-corrected chi connectivity index (χ2v) is 18.1. The van der Waals surface area contributed by atoms with E-state index in [1.165, 1.54) is 81.2 Å². The second-order valence-electron chi connectivity index (χ2n) is 18.1. The molecule has 17 heteroatoms. The van der Waals surface area contributed by atoms with Crippen LogP contribution in [0, 0.1) is 27.9 Å². The molecule has 2 aromatic carbocycles. The minimum Gasteiger partial charge on any atom is -0.459 e. The van der Waals surface area contributed by atoms with Crippen molar-refractivity contribution in [2.24, 2.45) is 22.9 Å². The van der Waals surface area contributed by atoms with E-state index in [0.717, 1.165) is 43.2 Å². The van der Waals surface area contributed by atoms with Crippen LogP contribution in [0.4, 0.5) is 15.3 Å². The third-order valence-electron chi connectivity index (χ3n) is 13.4. The summed E-state index contributed by atoms with van der Waals surface area (Å²) >= 11 is 0. The summed E-state index contributed by atoms with van der Waals surface area (Å²) in [7, 11) is 1.45. The van der Waals surface area contributed by atoms with E-state index in [1.54, 1.807) is 18.2 Å². The first-order valence-electron chi connectivity index (χ1n) is 25.1. The predicted octanol–water partition coefficient (Wildman–Crippen LogP) is 9.38. The summed E-state index contributed by atoms with van der Waals surface area (Å²) in [5, 5.41) is 48.4. The molecule has 0 aromatic heterocycles. The number of carbonyl (C=O) groups is 2. The third kappa shape index (κ3) is 15.2. The Hall–Kier alpha value is -5.07. The smallest absolute Gasteiger partial charge is 0.415 e. The van der Waals surface area contributed by atoms with Gasteiger partial charge in [-0.1, -0.05) is 94.9 Å². The van der Waals surface area contributed by atoms with Crippen molar-refractivity contribution in [2.45, 2.75) is 134 Å². The summed E-state index contributed by atoms with van der Waals surface area (Å²) in [4.78, 5) is 45.9. The van der Waals surface area contributed by atoms with Crippen LogP contribution in [-0.4, -0.2) is 115 Å². The second kappa shape index (κ2) is 29.2. The standard InChI is InChI=1S/C52H76N4O13/c1-4-6-7-8-9-10-11-12-13-16-27-53-50(60)67-41-25-26-46-44(36-41)48-42(20-15-18-30-58)38(19-14-17-29-57)35-43-45(54-64-3)37-47(52(69-46,49(43)48)66-32-5-2)55(28-33-65-34-31-59)51(61)68-40-23-21-39(22-24-40)56(62)63/h5,21-26,35-36,38,42,47-49,57-59H,2,4,6-20,27-34,37H2,1,3H3,(H,53,60)/t38-,42+,47-,48+,49+,52+/m0/s1. The molecule has 5 rings (SSSR count). The van der Waals surface area contributed by atoms with Crippen LogP contribution in [0.15, 0.2) is 71.9 Å². The van der Waals surface area contributed by atoms with E-state index in [-0.39, 0.29) is 75.9 Å². The number of hydrogen-bond donors (Lipinski definition) is 4. The molecule has 1 fully saturated rings. The van der Waals surface area contributed by atoms with Crippen molar-refractivity contribution >= 4 is 23.6 Å². The van der Waals surface area contributed by atoms with E-state index in [1.807, 2.05) is 6.07 Å². The number of benzene rings is 2. The van der Waals surface area contributed by atoms with Crippen molar-refractivity contribution < 1.29 is 58.4 Å². The number of rotatable bonds is 32. The summed E-state index contributed by atoms with van der Waals surface area (Å²) in [5.41, 5.74) is 1.95. The number of allylic oxidation sites excluding steroid dienone is 1. The van der Waals surface area contributed by atoms with Gasteiger partial charge in [-0.05, 0) is 79.8 Å². The zero-order valence-corrected chi connectivity index (χ0v) is 40.7. The quantitative estimate of drug-likeness (QED) is 0.0233. The fourth-order valence-electron chi connectivity index (χ4n) is 10.3. The molecule has 69 heavy (non-hydrogen) atoms. The van der Waals surface area contributed by atoms with Crippen molar-refractivity contribution in [3.8, 4) is 17.2 Å². The van der Waals surface area contributed by atoms with Gasteiger partial charge in [0.15, 0.2) is 0 Å². The highest BCUT2D eigenvalue weighted by atomic mass is 16.7. The maximum absolute atomic E-state index is 14.7. The number of aliphatic hydroxyl groups is 3. The molecule has 2 aliphatic carbocycles. The van der Waals surface area contributed by atoms with E-state index in [9.17, 15) is 35.0 Å². The Morgan fingerprint density at radius 3 is 2.23 bits per heavy atom. The Morgan fingerprint density at radius 1 is 0.899 bits per heavy atom. The van der Waals surface area contributed by atoms with Crippen molar-refractivity contribution in [3.63, 3.8) is 0 Å². The molecule has 3 aliphatic rings. The number of unbranched alkanes of at least 4 members (excludes halogenated alkanes) is 11. The van der Waals surface area contributed by atoms with E-state index >= 15 is 0 Å². The minimum absolute atomic E-state index is 0.00718. The first-order valence-corrected chi connectivity index (χ1v) is 25.1. The third-order valence-corrected chi connectivity index (χ3v) is 13.4. The molecule has 0 radical (unpaired) electrons. The van der Waals surface area contributed by atoms with Gasteiger partial charge in [0.1, 0.15) is 30.4 Å². The minimum atomic E-state index is -1.63. The molecular formula is C52H76N4O13. The number of non-ortho nitro benzene ring substituents is 1. The zero-order valence-electron chi connectivity index (χ0n) is 40.7. The van der Waals surface area contributed by atoms with Gasteiger partial charge in [0, 0.05) is 56.3 Å². The van der Waals surface area contributed by atoms with Crippen molar-refractivity contribution in [1.82, 2.24) is 10.2 Å². The van der Waals surface area contributed by atoms with Crippen LogP contribution in [-0.2, 0) is 14.3 Å². The number of carbonyl (C=O) groups excluding carboxylic acids is 2. The molecule has 2 aromatic rings. The van der Waals surface area contributed by atoms with Crippen LogP contribution in [0.1, 0.15) is 128 Å². The maximum Gasteiger partial charge on any atom is 0.415 e. The molecule has 17 nitrogen and oxygen atoms in total. The average molecular weight is 965 g/mol. The Bertz CT molecular complexity index is 1980. The van der Waals surface area contributed by atoms with Gasteiger partial charge >= 0.3 is 12.2 Å². The number of hydrogen-bond acceptors (Lipinski definition) is 14. The highest BCUT2D eigenvalue weighted by molar-refractivity contribution is 6.03. The van der Waals surface area contributed by atoms with E-state index in [4.69, 9.17) is 28.5 Å². The highest BCUT2D eigenvalue weighted by Gasteiger charge is 2.65. The Kier molecular flexibility index (Phi) is 23.2. The topological polar surface area (TPSA) is 221 Å². The van der Waals surface area contributed by atoms with Crippen molar-refractivity contribution in [1.29, 1.82) is 0 Å². The van der Waals surface area contributed by atoms with Gasteiger partial charge in [-0.3, -0.25) is 15.0 Å². The largest absolute Gasteiger partial charge is 0.459 e. The van der Waals surface area contributed by atoms with Gasteiger partial charge < -0.3 is 49.2 Å². The van der Waals surface area contributed by atoms with Crippen molar-refractivity contribution in [2.75, 3.05) is 59.8 Å². The van der Waals surface area contributed by atoms with Crippen LogP contribution in [0.25, 0.3) is 0 Å². The summed E-state index contributed by atoms with van der Waals surface area (Å²) < 4.78 is 31.8. The number of nitro benzene ring substituents is 1. The van der Waals surface area contributed by atoms with Crippen LogP contribution in [0.5, 0.6) is 17.2 Å². The number of aliphatic hydroxyl groups excluding tert-OH is 3. The fourth-order valence-corrected chi connectivity index (χ4v) is 10.3. The average Bonchev–Trinajstić information content (AvgIpc) is 3.34. The van der Waals surface area contributed by atoms with Gasteiger partial charge in [-0.2, -0.15) is 0 Å². The first-order chi connectivity index (χ1) is 33.7. The number of amides is 2. The van der Waals surface area contributed by atoms with Gasteiger partial charge in [0.05, 0.1) is 43.0 Å². The molecule has 2 amide bonds. The van der Waals surface area contributed by atoms with Gasteiger partial charge in [0.25, 0.3) is 5.69 Å². The summed E-state index contributed by atoms with van der Waals surface area (Å²) in [5.74, 6) is -1.94. The molecule has 0 spiro atoms. The summed E-state index contributed by atoms with van der Waals surface area (Å²) in [6, 6.07) is 9.50. The number of nitrogens with zero attached hydrogens (tertiary/aromatic N) is 3. The first kappa shape index (κ1) is 54.9. The number of oxime groups is 1. The molecular weight excluding hydrogens is 889 g/mol. The predicted molar refractivity (Wildman–Crippen MR) is 262 cm³/mol. The van der Waals surface area contributed by atoms with Crippen LogP contribution < -0.4 is 19.5 Å². The summed E-state index contributed by atoms with van der Waals surface area (Å²) in [6.45, 7) is 6.49. The van der Waals surface area contributed by atoms with Crippen molar-refractivity contribution in [3.05, 3.63) is 82.4 Å². The molecule has 1 saturated carbocycles. The van der Waals surface area contributed by atoms with E-state index in [2.05, 4.69) is 30.1 Å². The lowest BCUT2D eigenvalue weighted by atomic mass is 9.55. The highest BCUT2D eigenvalue weighted by Crippen LogP contribution is 2.62. The number of nitrogens with one attached hydrogen (secondary N) is 1. The monoisotopic (exact) mass is 965 g/mol. The Labute approximate surface area is 407 Å². The Balaban J connectivity index is 1.55. The van der Waals surface area contributed by atoms with E-state index in [0.29, 0.717) is 49.4 Å². The Morgan fingerprint density at radius 2 is 1.58 bits per heavy atom. The normalized spacial score (nSPS) is 21.8. The molecule has 0 saturated heterocycles. The summed E-state index contributed by atoms with van der Waals surface area (Å²) in [6.07, 6.45) is 18.4. The molecule has 0 bridgehead atoms. The van der Waals surface area contributed by atoms with Crippen LogP contribution >= 0.6 is 0 Å². The van der Waals surface area contributed by atoms with Gasteiger partial charge in [-0.25, -0.2) is 9.59 Å². The van der Waals surface area contributed by atoms with E-state index < -0.39 is 40.8 Å². The lowest BCUT2D eigenvalue weighted by molar-refractivity contribution is -0.384. The lowest BCUT2D eigenvalue weighted by Crippen LogP contribution is -2.70. The number of ether oxygens (including phenoxy) is 5. The number of fused-ring (bicyclic) bond motifs is 2. The molecule has 382 valence electrons. The van der Waals surface area contributed by atoms with Crippen LogP contribution in [0.2, 0.25) is 0 Å². The SMILES string of the molecule is C=CCO[C@@]12Oc3ccc(OC(=O)NCCCCCCCCCCCC)cc3[C@H]3[C@H](CCCCO)[C@@H](CCCCO)C=C(C(=NOC)C[C@@H]1N(CCOCCO)C(=O)Oc1ccc([N+](=O)[O-])cc1)[C@H]32. The molecule has 1 aliphatic heterocycles. The molecule has 6 atom stereocenters. The molecule has 1 heterocycles. The fraction of sp³-hybridized carbons (Fsp3) is 0.635. The number of nitro groups is 1. The zero-order chi connectivity index (χ0) is 49.4. The maximum atomic E-state index is 14.7.